The Labute approximate surface area is 127 Å². The van der Waals surface area contributed by atoms with Gasteiger partial charge in [-0.2, -0.15) is 8.78 Å². The number of ether oxygens (including phenoxy) is 1. The molecule has 0 bridgehead atoms. The first kappa shape index (κ1) is 16.2. The zero-order valence-corrected chi connectivity index (χ0v) is 12.8. The fourth-order valence-electron chi connectivity index (χ4n) is 1.83. The van der Waals surface area contributed by atoms with Crippen LogP contribution in [0.4, 0.5) is 14.5 Å². The van der Waals surface area contributed by atoms with Gasteiger partial charge in [-0.25, -0.2) is 8.42 Å². The van der Waals surface area contributed by atoms with E-state index in [-0.39, 0.29) is 16.3 Å². The molecule has 0 fully saturated rings. The number of para-hydroxylation sites is 2. The van der Waals surface area contributed by atoms with Crippen molar-refractivity contribution < 1.29 is 21.9 Å². The van der Waals surface area contributed by atoms with Gasteiger partial charge in [-0.1, -0.05) is 18.2 Å². The molecule has 0 saturated carbocycles. The van der Waals surface area contributed by atoms with Crippen molar-refractivity contribution in [3.05, 3.63) is 53.6 Å². The Balaban J connectivity index is 2.35. The standard InChI is InChI=1S/C15H15F2NO3S/c1-10-7-8-12(9-11(10)2)22(19,20)18-13-5-3-4-6-14(13)21-15(16)17/h3-9,15,18H,1-2H3. The van der Waals surface area contributed by atoms with Crippen molar-refractivity contribution in [2.75, 3.05) is 4.72 Å². The van der Waals surface area contributed by atoms with Crippen LogP contribution >= 0.6 is 0 Å². The number of hydrogen-bond donors (Lipinski definition) is 1. The largest absolute Gasteiger partial charge is 0.433 e. The normalized spacial score (nSPS) is 11.5. The van der Waals surface area contributed by atoms with Gasteiger partial charge in [0.25, 0.3) is 10.0 Å². The molecule has 22 heavy (non-hydrogen) atoms. The summed E-state index contributed by atoms with van der Waals surface area (Å²) in [4.78, 5) is 0.0578. The van der Waals surface area contributed by atoms with Crippen molar-refractivity contribution in [3.8, 4) is 5.75 Å². The second-order valence-electron chi connectivity index (χ2n) is 4.73. The Kier molecular flexibility index (Phi) is 4.65. The smallest absolute Gasteiger partial charge is 0.387 e. The molecule has 0 aliphatic rings. The van der Waals surface area contributed by atoms with Gasteiger partial charge in [-0.05, 0) is 49.2 Å². The third kappa shape index (κ3) is 3.73. The SMILES string of the molecule is Cc1ccc(S(=O)(=O)Nc2ccccc2OC(F)F)cc1C. The number of rotatable bonds is 5. The second-order valence-corrected chi connectivity index (χ2v) is 6.41. The molecule has 0 radical (unpaired) electrons. The number of sulfonamides is 1. The second kappa shape index (κ2) is 6.31. The highest BCUT2D eigenvalue weighted by Gasteiger charge is 2.18. The Morgan fingerprint density at radius 1 is 1.05 bits per heavy atom. The molecule has 0 aromatic heterocycles. The molecule has 7 heteroatoms. The number of anilines is 1. The number of halogens is 2. The summed E-state index contributed by atoms with van der Waals surface area (Å²) in [5.41, 5.74) is 1.74. The third-order valence-electron chi connectivity index (χ3n) is 3.14. The van der Waals surface area contributed by atoms with Gasteiger partial charge >= 0.3 is 6.61 Å². The highest BCUT2D eigenvalue weighted by Crippen LogP contribution is 2.28. The molecule has 1 N–H and O–H groups in total. The van der Waals surface area contributed by atoms with Crippen molar-refractivity contribution in [1.82, 2.24) is 0 Å². The fraction of sp³-hybridized carbons (Fsp3) is 0.200. The molecule has 0 spiro atoms. The summed E-state index contributed by atoms with van der Waals surface area (Å²) in [6, 6.07) is 10.3. The highest BCUT2D eigenvalue weighted by molar-refractivity contribution is 7.92. The van der Waals surface area contributed by atoms with E-state index in [9.17, 15) is 17.2 Å². The molecular weight excluding hydrogens is 312 g/mol. The zero-order chi connectivity index (χ0) is 16.3. The van der Waals surface area contributed by atoms with Gasteiger partial charge in [-0.3, -0.25) is 4.72 Å². The monoisotopic (exact) mass is 327 g/mol. The Bertz CT molecular complexity index is 776. The summed E-state index contributed by atoms with van der Waals surface area (Å²) in [5.74, 6) is -0.232. The predicted octanol–water partition coefficient (Wildman–Crippen LogP) is 3.71. The number of aryl methyl sites for hydroxylation is 2. The molecular formula is C15H15F2NO3S. The van der Waals surface area contributed by atoms with Crippen LogP contribution in [0.3, 0.4) is 0 Å². The summed E-state index contributed by atoms with van der Waals surface area (Å²) >= 11 is 0. The van der Waals surface area contributed by atoms with E-state index in [1.54, 1.807) is 13.0 Å². The minimum absolute atomic E-state index is 0.0407. The number of alkyl halides is 2. The first-order chi connectivity index (χ1) is 10.3. The summed E-state index contributed by atoms with van der Waals surface area (Å²) in [7, 11) is -3.89. The van der Waals surface area contributed by atoms with Gasteiger partial charge in [0, 0.05) is 0 Å². The molecule has 2 aromatic rings. The maximum atomic E-state index is 12.4. The molecule has 0 saturated heterocycles. The summed E-state index contributed by atoms with van der Waals surface area (Å²) in [6.45, 7) is 0.625. The maximum Gasteiger partial charge on any atom is 0.387 e. The van der Waals surface area contributed by atoms with Crippen LogP contribution < -0.4 is 9.46 Å². The van der Waals surface area contributed by atoms with Gasteiger partial charge < -0.3 is 4.74 Å². The average Bonchev–Trinajstić information content (AvgIpc) is 2.43. The number of hydrogen-bond acceptors (Lipinski definition) is 3. The van der Waals surface area contributed by atoms with E-state index in [0.29, 0.717) is 0 Å². The van der Waals surface area contributed by atoms with Crippen molar-refractivity contribution in [1.29, 1.82) is 0 Å². The van der Waals surface area contributed by atoms with Crippen LogP contribution in [0.1, 0.15) is 11.1 Å². The van der Waals surface area contributed by atoms with Gasteiger partial charge in [0.2, 0.25) is 0 Å². The topological polar surface area (TPSA) is 55.4 Å². The van der Waals surface area contributed by atoms with E-state index in [2.05, 4.69) is 9.46 Å². The van der Waals surface area contributed by atoms with E-state index in [1.165, 1.54) is 36.4 Å². The predicted molar refractivity (Wildman–Crippen MR) is 79.8 cm³/mol. The van der Waals surface area contributed by atoms with Crippen molar-refractivity contribution in [2.24, 2.45) is 0 Å². The lowest BCUT2D eigenvalue weighted by Gasteiger charge is -2.13. The Morgan fingerprint density at radius 3 is 2.36 bits per heavy atom. The molecule has 0 aliphatic heterocycles. The fourth-order valence-corrected chi connectivity index (χ4v) is 2.99. The molecule has 0 amide bonds. The first-order valence-corrected chi connectivity index (χ1v) is 7.92. The molecule has 0 unspecified atom stereocenters. The minimum atomic E-state index is -3.89. The zero-order valence-electron chi connectivity index (χ0n) is 12.0. The van der Waals surface area contributed by atoms with Gasteiger partial charge in [-0.15, -0.1) is 0 Å². The van der Waals surface area contributed by atoms with Gasteiger partial charge in [0.15, 0.2) is 0 Å². The minimum Gasteiger partial charge on any atom is -0.433 e. The van der Waals surface area contributed by atoms with Crippen molar-refractivity contribution >= 4 is 15.7 Å². The lowest BCUT2D eigenvalue weighted by Crippen LogP contribution is -2.15. The lowest BCUT2D eigenvalue weighted by molar-refractivity contribution is -0.0493. The Morgan fingerprint density at radius 2 is 1.73 bits per heavy atom. The molecule has 0 heterocycles. The van der Waals surface area contributed by atoms with Crippen LogP contribution in [0.2, 0.25) is 0 Å². The lowest BCUT2D eigenvalue weighted by atomic mass is 10.1. The molecule has 2 aromatic carbocycles. The summed E-state index contributed by atoms with van der Waals surface area (Å²) in [5, 5.41) is 0. The maximum absolute atomic E-state index is 12.4. The van der Waals surface area contributed by atoms with E-state index < -0.39 is 16.6 Å². The number of benzene rings is 2. The van der Waals surface area contributed by atoms with Gasteiger partial charge in [0.1, 0.15) is 5.75 Å². The third-order valence-corrected chi connectivity index (χ3v) is 4.50. The van der Waals surface area contributed by atoms with E-state index >= 15 is 0 Å². The van der Waals surface area contributed by atoms with E-state index in [0.717, 1.165) is 11.1 Å². The van der Waals surface area contributed by atoms with Gasteiger partial charge in [0.05, 0.1) is 10.6 Å². The van der Waals surface area contributed by atoms with E-state index in [1.807, 2.05) is 6.92 Å². The summed E-state index contributed by atoms with van der Waals surface area (Å²) in [6.07, 6.45) is 0. The van der Waals surface area contributed by atoms with Crippen LogP contribution in [-0.2, 0) is 10.0 Å². The van der Waals surface area contributed by atoms with Crippen LogP contribution in [0, 0.1) is 13.8 Å². The van der Waals surface area contributed by atoms with E-state index in [4.69, 9.17) is 0 Å². The highest BCUT2D eigenvalue weighted by atomic mass is 32.2. The molecule has 2 rings (SSSR count). The van der Waals surface area contributed by atoms with Crippen molar-refractivity contribution in [2.45, 2.75) is 25.4 Å². The van der Waals surface area contributed by atoms with Crippen LogP contribution in [0.15, 0.2) is 47.4 Å². The molecule has 0 aliphatic carbocycles. The Hall–Kier alpha value is -2.15. The first-order valence-electron chi connectivity index (χ1n) is 6.43. The quantitative estimate of drug-likeness (QED) is 0.911. The van der Waals surface area contributed by atoms with Crippen molar-refractivity contribution in [3.63, 3.8) is 0 Å². The number of nitrogens with one attached hydrogen (secondary N) is 1. The molecule has 4 nitrogen and oxygen atoms in total. The molecule has 0 atom stereocenters. The van der Waals surface area contributed by atoms with Crippen LogP contribution in [-0.4, -0.2) is 15.0 Å². The summed E-state index contributed by atoms with van der Waals surface area (Å²) < 4.78 is 56.0. The molecule has 118 valence electrons. The van der Waals surface area contributed by atoms with Crippen LogP contribution in [0.25, 0.3) is 0 Å². The van der Waals surface area contributed by atoms with Crippen LogP contribution in [0.5, 0.6) is 5.75 Å². The average molecular weight is 327 g/mol.